The van der Waals surface area contributed by atoms with Gasteiger partial charge in [0.05, 0.1) is 18.9 Å². The molecule has 5 nitrogen and oxygen atoms in total. The Hall–Kier alpha value is -1.46. The van der Waals surface area contributed by atoms with Crippen LogP contribution >= 0.6 is 12.4 Å². The fraction of sp³-hybridized carbons (Fsp3) is 0.588. The van der Waals surface area contributed by atoms with E-state index in [9.17, 15) is 4.79 Å². The van der Waals surface area contributed by atoms with Crippen molar-refractivity contribution >= 4 is 24.0 Å². The minimum atomic E-state index is -0.0110. The van der Waals surface area contributed by atoms with E-state index in [1.165, 1.54) is 0 Å². The van der Waals surface area contributed by atoms with Gasteiger partial charge in [-0.25, -0.2) is 0 Å². The molecule has 6 heteroatoms. The van der Waals surface area contributed by atoms with Crippen molar-refractivity contribution in [2.75, 3.05) is 19.0 Å². The molecular weight excluding hydrogens is 316 g/mol. The van der Waals surface area contributed by atoms with Crippen LogP contribution in [0.1, 0.15) is 33.1 Å². The maximum Gasteiger partial charge on any atom is 0.227 e. The summed E-state index contributed by atoms with van der Waals surface area (Å²) in [5.41, 5.74) is 6.43. The van der Waals surface area contributed by atoms with E-state index in [4.69, 9.17) is 15.2 Å². The summed E-state index contributed by atoms with van der Waals surface area (Å²) in [6, 6.07) is 5.44. The predicted molar refractivity (Wildman–Crippen MR) is 94.5 cm³/mol. The number of hydrogen-bond acceptors (Lipinski definition) is 4. The SMILES string of the molecule is COc1ccc(OC(C)C)c(NC(=O)[C@@H]2CCC[C@@H]2CN)c1.Cl. The van der Waals surface area contributed by atoms with Crippen molar-refractivity contribution in [3.8, 4) is 11.5 Å². The Labute approximate surface area is 144 Å². The van der Waals surface area contributed by atoms with Crippen LogP contribution in [0.15, 0.2) is 18.2 Å². The molecule has 0 aromatic heterocycles. The van der Waals surface area contributed by atoms with Crippen LogP contribution in [-0.4, -0.2) is 25.7 Å². The first-order chi connectivity index (χ1) is 10.5. The summed E-state index contributed by atoms with van der Waals surface area (Å²) in [5.74, 6) is 1.64. The Morgan fingerprint density at radius 1 is 1.39 bits per heavy atom. The zero-order valence-corrected chi connectivity index (χ0v) is 14.8. The van der Waals surface area contributed by atoms with Crippen molar-refractivity contribution in [2.45, 2.75) is 39.2 Å². The van der Waals surface area contributed by atoms with Gasteiger partial charge in [-0.3, -0.25) is 4.79 Å². The van der Waals surface area contributed by atoms with Crippen LogP contribution in [0.25, 0.3) is 0 Å². The summed E-state index contributed by atoms with van der Waals surface area (Å²) in [6.07, 6.45) is 3.03. The first-order valence-corrected chi connectivity index (χ1v) is 7.90. The number of hydrogen-bond donors (Lipinski definition) is 2. The molecular formula is C17H27ClN2O3. The van der Waals surface area contributed by atoms with Crippen molar-refractivity contribution in [3.05, 3.63) is 18.2 Å². The molecule has 1 aliphatic carbocycles. The number of methoxy groups -OCH3 is 1. The van der Waals surface area contributed by atoms with E-state index >= 15 is 0 Å². The van der Waals surface area contributed by atoms with E-state index in [1.807, 2.05) is 26.0 Å². The van der Waals surface area contributed by atoms with Crippen LogP contribution in [-0.2, 0) is 4.79 Å². The molecule has 0 saturated heterocycles. The van der Waals surface area contributed by atoms with E-state index in [-0.39, 0.29) is 36.3 Å². The average molecular weight is 343 g/mol. The quantitative estimate of drug-likeness (QED) is 0.832. The second kappa shape index (κ2) is 8.99. The summed E-state index contributed by atoms with van der Waals surface area (Å²) in [5, 5.41) is 3.00. The van der Waals surface area contributed by atoms with Gasteiger partial charge in [0.25, 0.3) is 0 Å². The Balaban J connectivity index is 0.00000264. The highest BCUT2D eigenvalue weighted by molar-refractivity contribution is 5.94. The molecule has 1 fully saturated rings. The number of nitrogens with two attached hydrogens (primary N) is 1. The highest BCUT2D eigenvalue weighted by atomic mass is 35.5. The van der Waals surface area contributed by atoms with Crippen LogP contribution in [0.4, 0.5) is 5.69 Å². The first-order valence-electron chi connectivity index (χ1n) is 7.90. The van der Waals surface area contributed by atoms with Crippen LogP contribution in [0.3, 0.4) is 0 Å². The molecule has 0 bridgehead atoms. The van der Waals surface area contributed by atoms with Crippen molar-refractivity contribution in [1.82, 2.24) is 0 Å². The third-order valence-electron chi connectivity index (χ3n) is 4.11. The molecule has 1 aliphatic rings. The fourth-order valence-corrected chi connectivity index (χ4v) is 2.98. The molecule has 2 rings (SSSR count). The van der Waals surface area contributed by atoms with Gasteiger partial charge in [-0.2, -0.15) is 0 Å². The second-order valence-electron chi connectivity index (χ2n) is 6.05. The van der Waals surface area contributed by atoms with Crippen LogP contribution in [0.2, 0.25) is 0 Å². The maximum atomic E-state index is 12.6. The fourth-order valence-electron chi connectivity index (χ4n) is 2.98. The van der Waals surface area contributed by atoms with E-state index in [2.05, 4.69) is 5.32 Å². The Morgan fingerprint density at radius 2 is 2.13 bits per heavy atom. The molecule has 0 spiro atoms. The summed E-state index contributed by atoms with van der Waals surface area (Å²) in [6.45, 7) is 4.47. The lowest BCUT2D eigenvalue weighted by Crippen LogP contribution is -2.30. The van der Waals surface area contributed by atoms with E-state index in [1.54, 1.807) is 13.2 Å². The number of carbonyl (C=O) groups is 1. The molecule has 0 radical (unpaired) electrons. The zero-order chi connectivity index (χ0) is 16.1. The molecule has 1 aromatic rings. The molecule has 0 heterocycles. The van der Waals surface area contributed by atoms with Crippen molar-refractivity contribution < 1.29 is 14.3 Å². The molecule has 0 unspecified atom stereocenters. The molecule has 1 aromatic carbocycles. The Kier molecular flexibility index (Phi) is 7.65. The van der Waals surface area contributed by atoms with Gasteiger partial charge in [0.2, 0.25) is 5.91 Å². The molecule has 1 amide bonds. The normalized spacial score (nSPS) is 20.0. The Morgan fingerprint density at radius 3 is 2.74 bits per heavy atom. The van der Waals surface area contributed by atoms with Crippen LogP contribution < -0.4 is 20.5 Å². The second-order valence-corrected chi connectivity index (χ2v) is 6.05. The van der Waals surface area contributed by atoms with Gasteiger partial charge in [-0.15, -0.1) is 12.4 Å². The number of ether oxygens (including phenoxy) is 2. The number of rotatable bonds is 6. The first kappa shape index (κ1) is 19.6. The standard InChI is InChI=1S/C17H26N2O3.ClH/c1-11(2)22-16-8-7-13(21-3)9-15(16)19-17(20)14-6-4-5-12(14)10-18;/h7-9,11-12,14H,4-6,10,18H2,1-3H3,(H,19,20);1H/t12-,14-;/m1./s1. The van der Waals surface area contributed by atoms with Crippen molar-refractivity contribution in [2.24, 2.45) is 17.6 Å². The molecule has 1 saturated carbocycles. The minimum absolute atomic E-state index is 0. The summed E-state index contributed by atoms with van der Waals surface area (Å²) in [7, 11) is 1.60. The average Bonchev–Trinajstić information content (AvgIpc) is 2.97. The van der Waals surface area contributed by atoms with Gasteiger partial charge in [0, 0.05) is 12.0 Å². The van der Waals surface area contributed by atoms with Crippen LogP contribution in [0.5, 0.6) is 11.5 Å². The number of anilines is 1. The monoisotopic (exact) mass is 342 g/mol. The number of benzene rings is 1. The molecule has 0 aliphatic heterocycles. The highest BCUT2D eigenvalue weighted by Gasteiger charge is 2.32. The number of halogens is 1. The lowest BCUT2D eigenvalue weighted by molar-refractivity contribution is -0.120. The number of carbonyl (C=O) groups excluding carboxylic acids is 1. The molecule has 3 N–H and O–H groups in total. The van der Waals surface area contributed by atoms with Gasteiger partial charge in [0.1, 0.15) is 11.5 Å². The predicted octanol–water partition coefficient (Wildman–Crippen LogP) is 3.22. The lowest BCUT2D eigenvalue weighted by atomic mass is 9.95. The topological polar surface area (TPSA) is 73.6 Å². The van der Waals surface area contributed by atoms with Gasteiger partial charge in [0.15, 0.2) is 0 Å². The number of nitrogens with one attached hydrogen (secondary N) is 1. The van der Waals surface area contributed by atoms with Crippen LogP contribution in [0, 0.1) is 11.8 Å². The van der Waals surface area contributed by atoms with Crippen molar-refractivity contribution in [3.63, 3.8) is 0 Å². The smallest absolute Gasteiger partial charge is 0.227 e. The van der Waals surface area contributed by atoms with E-state index in [0.29, 0.717) is 23.7 Å². The highest BCUT2D eigenvalue weighted by Crippen LogP contribution is 2.34. The van der Waals surface area contributed by atoms with Crippen molar-refractivity contribution in [1.29, 1.82) is 0 Å². The van der Waals surface area contributed by atoms with Gasteiger partial charge in [-0.05, 0) is 51.3 Å². The zero-order valence-electron chi connectivity index (χ0n) is 14.0. The third-order valence-corrected chi connectivity index (χ3v) is 4.11. The van der Waals surface area contributed by atoms with E-state index in [0.717, 1.165) is 19.3 Å². The third kappa shape index (κ3) is 5.01. The summed E-state index contributed by atoms with van der Waals surface area (Å²) >= 11 is 0. The van der Waals surface area contributed by atoms with E-state index < -0.39 is 0 Å². The van der Waals surface area contributed by atoms with Gasteiger partial charge < -0.3 is 20.5 Å². The summed E-state index contributed by atoms with van der Waals surface area (Å²) in [4.78, 5) is 12.6. The molecule has 23 heavy (non-hydrogen) atoms. The molecule has 130 valence electrons. The largest absolute Gasteiger partial charge is 0.497 e. The molecule has 2 atom stereocenters. The van der Waals surface area contributed by atoms with Gasteiger partial charge in [-0.1, -0.05) is 6.42 Å². The Bertz CT molecular complexity index is 523. The van der Waals surface area contributed by atoms with Gasteiger partial charge >= 0.3 is 0 Å². The lowest BCUT2D eigenvalue weighted by Gasteiger charge is -2.20. The maximum absolute atomic E-state index is 12.6. The summed E-state index contributed by atoms with van der Waals surface area (Å²) < 4.78 is 11.0. The number of amides is 1. The minimum Gasteiger partial charge on any atom is -0.497 e.